The molecule has 2 aromatic carbocycles. The molecule has 3 aromatic rings. The highest BCUT2D eigenvalue weighted by atomic mass is 16.5. The van der Waals surface area contributed by atoms with Crippen molar-refractivity contribution in [2.24, 2.45) is 7.05 Å². The minimum absolute atomic E-state index is 0.264. The molecule has 0 radical (unpaired) electrons. The Morgan fingerprint density at radius 2 is 2.11 bits per heavy atom. The summed E-state index contributed by atoms with van der Waals surface area (Å²) >= 11 is 0. The van der Waals surface area contributed by atoms with Crippen LogP contribution in [0.2, 0.25) is 0 Å². The van der Waals surface area contributed by atoms with Crippen molar-refractivity contribution in [1.29, 1.82) is 0 Å². The van der Waals surface area contributed by atoms with Crippen LogP contribution >= 0.6 is 0 Å². The number of hydrogen-bond donors (Lipinski definition) is 2. The third kappa shape index (κ3) is 3.39. The number of nitrogens with one attached hydrogen (secondary N) is 1. The lowest BCUT2D eigenvalue weighted by atomic mass is 10.1. The fourth-order valence-electron chi connectivity index (χ4n) is 3.16. The predicted molar refractivity (Wildman–Crippen MR) is 99.3 cm³/mol. The number of carbonyl (C=O) groups excluding carboxylic acids is 1. The Labute approximate surface area is 156 Å². The molecule has 7 heteroatoms. The Balaban J connectivity index is 1.59. The first-order valence-corrected chi connectivity index (χ1v) is 8.81. The second-order valence-electron chi connectivity index (χ2n) is 6.63. The van der Waals surface area contributed by atoms with Crippen LogP contribution in [0.25, 0.3) is 10.9 Å². The lowest BCUT2D eigenvalue weighted by Gasteiger charge is -2.40. The summed E-state index contributed by atoms with van der Waals surface area (Å²) in [6.45, 7) is 0.694. The molecule has 1 aliphatic rings. The second kappa shape index (κ2) is 7.02. The highest BCUT2D eigenvalue weighted by Gasteiger charge is 2.40. The Bertz CT molecular complexity index is 959. The van der Waals surface area contributed by atoms with Crippen LogP contribution in [0.15, 0.2) is 48.5 Å². The molecule has 0 spiro atoms. The summed E-state index contributed by atoms with van der Waals surface area (Å²) in [6, 6.07) is 15.4. The van der Waals surface area contributed by atoms with Crippen molar-refractivity contribution in [2.75, 3.05) is 13.2 Å². The Hall–Kier alpha value is -2.90. The zero-order chi connectivity index (χ0) is 18.9. The Kier molecular flexibility index (Phi) is 4.55. The number of hydrogen-bond acceptors (Lipinski definition) is 5. The third-order valence-corrected chi connectivity index (χ3v) is 4.75. The summed E-state index contributed by atoms with van der Waals surface area (Å²) in [5.41, 5.74) is 1.17. The number of ether oxygens (including phenoxy) is 2. The number of aromatic nitrogens is 2. The molecule has 4 rings (SSSR count). The Morgan fingerprint density at radius 3 is 2.78 bits per heavy atom. The normalized spacial score (nSPS) is 18.9. The predicted octanol–water partition coefficient (Wildman–Crippen LogP) is 1.99. The van der Waals surface area contributed by atoms with E-state index in [2.05, 4.69) is 10.4 Å². The number of aliphatic hydroxyl groups is 1. The van der Waals surface area contributed by atoms with Crippen molar-refractivity contribution in [1.82, 2.24) is 15.1 Å². The molecule has 0 saturated carbocycles. The van der Waals surface area contributed by atoms with Crippen molar-refractivity contribution in [2.45, 2.75) is 18.8 Å². The van der Waals surface area contributed by atoms with E-state index in [1.165, 1.54) is 4.68 Å². The Morgan fingerprint density at radius 1 is 1.33 bits per heavy atom. The summed E-state index contributed by atoms with van der Waals surface area (Å²) in [4.78, 5) is 12.8. The van der Waals surface area contributed by atoms with E-state index in [1.807, 2.05) is 48.5 Å². The van der Waals surface area contributed by atoms with Gasteiger partial charge in [-0.25, -0.2) is 0 Å². The van der Waals surface area contributed by atoms with E-state index < -0.39 is 5.72 Å². The number of aryl methyl sites for hydroxylation is 1. The average Bonchev–Trinajstić information content (AvgIpc) is 2.99. The standard InChI is InChI=1S/C20H21N3O4/c1-23-18(19(25)21-20(13-24)9-10-27-20)16-11-15(7-8-17(16)22-23)26-12-14-5-3-2-4-6-14/h2-8,11,24H,9-10,12-13H2,1H3,(H,21,25). The van der Waals surface area contributed by atoms with Gasteiger partial charge in [-0.1, -0.05) is 30.3 Å². The number of rotatable bonds is 6. The molecule has 0 aliphatic carbocycles. The van der Waals surface area contributed by atoms with Gasteiger partial charge in [0.25, 0.3) is 5.91 Å². The third-order valence-electron chi connectivity index (χ3n) is 4.75. The average molecular weight is 367 g/mol. The largest absolute Gasteiger partial charge is 0.489 e. The fourth-order valence-corrected chi connectivity index (χ4v) is 3.16. The van der Waals surface area contributed by atoms with Gasteiger partial charge in [0.2, 0.25) is 0 Å². The van der Waals surface area contributed by atoms with Crippen LogP contribution < -0.4 is 10.1 Å². The molecule has 1 atom stereocenters. The first-order chi connectivity index (χ1) is 13.1. The van der Waals surface area contributed by atoms with Gasteiger partial charge < -0.3 is 19.9 Å². The van der Waals surface area contributed by atoms with E-state index in [-0.39, 0.29) is 12.5 Å². The van der Waals surface area contributed by atoms with E-state index in [0.717, 1.165) is 5.56 Å². The van der Waals surface area contributed by atoms with Crippen molar-refractivity contribution in [3.05, 3.63) is 59.8 Å². The van der Waals surface area contributed by atoms with Gasteiger partial charge in [-0.15, -0.1) is 0 Å². The quantitative estimate of drug-likeness (QED) is 0.696. The maximum absolute atomic E-state index is 12.8. The van der Waals surface area contributed by atoms with Crippen LogP contribution in [0, 0.1) is 0 Å². The summed E-state index contributed by atoms with van der Waals surface area (Å²) in [5, 5.41) is 17.4. The van der Waals surface area contributed by atoms with E-state index >= 15 is 0 Å². The summed E-state index contributed by atoms with van der Waals surface area (Å²) in [7, 11) is 1.71. The van der Waals surface area contributed by atoms with E-state index in [0.29, 0.717) is 42.0 Å². The molecule has 1 aliphatic heterocycles. The molecule has 1 aromatic heterocycles. The van der Waals surface area contributed by atoms with Crippen molar-refractivity contribution < 1.29 is 19.4 Å². The van der Waals surface area contributed by atoms with E-state index in [4.69, 9.17) is 9.47 Å². The minimum Gasteiger partial charge on any atom is -0.489 e. The number of amides is 1. The molecule has 1 saturated heterocycles. The zero-order valence-corrected chi connectivity index (χ0v) is 15.0. The van der Waals surface area contributed by atoms with Crippen LogP contribution in [-0.2, 0) is 18.4 Å². The lowest BCUT2D eigenvalue weighted by Crippen LogP contribution is -2.60. The SMILES string of the molecule is Cn1nc2ccc(OCc3ccccc3)cc2c1C(=O)NC1(CO)CCO1. The maximum atomic E-state index is 12.8. The van der Waals surface area contributed by atoms with Crippen LogP contribution in [-0.4, -0.2) is 39.7 Å². The molecule has 1 unspecified atom stereocenters. The monoisotopic (exact) mass is 367 g/mol. The van der Waals surface area contributed by atoms with Crippen molar-refractivity contribution >= 4 is 16.8 Å². The van der Waals surface area contributed by atoms with Crippen LogP contribution in [0.1, 0.15) is 22.5 Å². The van der Waals surface area contributed by atoms with Crippen LogP contribution in [0.3, 0.4) is 0 Å². The summed E-state index contributed by atoms with van der Waals surface area (Å²) in [5.74, 6) is 0.319. The van der Waals surface area contributed by atoms with Gasteiger partial charge >= 0.3 is 0 Å². The van der Waals surface area contributed by atoms with Gasteiger partial charge in [0.15, 0.2) is 5.72 Å². The van der Waals surface area contributed by atoms with E-state index in [9.17, 15) is 9.90 Å². The van der Waals surface area contributed by atoms with Crippen molar-refractivity contribution in [3.8, 4) is 5.75 Å². The fraction of sp³-hybridized carbons (Fsp3) is 0.300. The topological polar surface area (TPSA) is 85.6 Å². The number of nitrogens with zero attached hydrogens (tertiary/aromatic N) is 2. The van der Waals surface area contributed by atoms with Gasteiger partial charge in [-0.05, 0) is 23.8 Å². The highest BCUT2D eigenvalue weighted by Crippen LogP contribution is 2.27. The van der Waals surface area contributed by atoms with Gasteiger partial charge in [0.05, 0.1) is 18.7 Å². The summed E-state index contributed by atoms with van der Waals surface area (Å²) in [6.07, 6.45) is 0.580. The lowest BCUT2D eigenvalue weighted by molar-refractivity contribution is -0.182. The van der Waals surface area contributed by atoms with Crippen LogP contribution in [0.4, 0.5) is 0 Å². The molecule has 0 bridgehead atoms. The minimum atomic E-state index is -0.991. The van der Waals surface area contributed by atoms with E-state index in [1.54, 1.807) is 7.05 Å². The maximum Gasteiger partial charge on any atom is 0.272 e. The molecule has 7 nitrogen and oxygen atoms in total. The molecule has 2 N–H and O–H groups in total. The second-order valence-corrected chi connectivity index (χ2v) is 6.63. The van der Waals surface area contributed by atoms with Gasteiger partial charge in [-0.3, -0.25) is 9.48 Å². The molecule has 140 valence electrons. The van der Waals surface area contributed by atoms with Gasteiger partial charge in [0, 0.05) is 18.9 Å². The number of benzene rings is 2. The zero-order valence-electron chi connectivity index (χ0n) is 15.0. The number of fused-ring (bicyclic) bond motifs is 1. The van der Waals surface area contributed by atoms with Crippen LogP contribution in [0.5, 0.6) is 5.75 Å². The smallest absolute Gasteiger partial charge is 0.272 e. The molecule has 1 amide bonds. The first kappa shape index (κ1) is 17.5. The summed E-state index contributed by atoms with van der Waals surface area (Å²) < 4.78 is 12.8. The molecule has 27 heavy (non-hydrogen) atoms. The van der Waals surface area contributed by atoms with Gasteiger partial charge in [0.1, 0.15) is 18.1 Å². The number of carbonyl (C=O) groups is 1. The molecule has 2 heterocycles. The number of aliphatic hydroxyl groups excluding tert-OH is 1. The van der Waals surface area contributed by atoms with Gasteiger partial charge in [-0.2, -0.15) is 5.10 Å². The van der Waals surface area contributed by atoms with Crippen molar-refractivity contribution in [3.63, 3.8) is 0 Å². The molecular weight excluding hydrogens is 346 g/mol. The first-order valence-electron chi connectivity index (χ1n) is 8.81. The molecule has 1 fully saturated rings. The highest BCUT2D eigenvalue weighted by molar-refractivity contribution is 6.05. The molecular formula is C20H21N3O4.